The van der Waals surface area contributed by atoms with Crippen LogP contribution in [0.1, 0.15) is 71.6 Å². The van der Waals surface area contributed by atoms with Crippen molar-refractivity contribution in [2.24, 2.45) is 34.5 Å². The number of Topliss-reactive ketones (excluding diaryl/α,β-unsaturated/α-hetero) is 1. The van der Waals surface area contributed by atoms with Crippen LogP contribution in [-0.2, 0) is 4.79 Å². The molecular weight excluding hydrogens is 260 g/mol. The Bertz CT molecular complexity index is 458. The molecule has 0 radical (unpaired) electrons. The zero-order valence-corrected chi connectivity index (χ0v) is 13.6. The van der Waals surface area contributed by atoms with Crippen molar-refractivity contribution >= 4 is 5.78 Å². The number of ketones is 1. The highest BCUT2D eigenvalue weighted by molar-refractivity contribution is 5.87. The molecule has 0 heterocycles. The minimum Gasteiger partial charge on any atom is -0.393 e. The van der Waals surface area contributed by atoms with Crippen molar-refractivity contribution in [1.29, 1.82) is 0 Å². The Labute approximate surface area is 128 Å². The van der Waals surface area contributed by atoms with Gasteiger partial charge in [0.2, 0.25) is 0 Å². The summed E-state index contributed by atoms with van der Waals surface area (Å²) in [5, 5.41) is 10.0. The molecule has 4 rings (SSSR count). The first kappa shape index (κ1) is 14.2. The molecule has 0 aliphatic heterocycles. The quantitative estimate of drug-likeness (QED) is 0.733. The molecule has 0 saturated heterocycles. The van der Waals surface area contributed by atoms with Gasteiger partial charge in [0.05, 0.1) is 6.10 Å². The lowest BCUT2D eigenvalue weighted by Crippen LogP contribution is -2.54. The monoisotopic (exact) mass is 290 g/mol. The lowest BCUT2D eigenvalue weighted by molar-refractivity contribution is -0.142. The van der Waals surface area contributed by atoms with Gasteiger partial charge >= 0.3 is 0 Å². The van der Waals surface area contributed by atoms with Gasteiger partial charge < -0.3 is 5.11 Å². The average molecular weight is 290 g/mol. The molecule has 4 aliphatic rings. The van der Waals surface area contributed by atoms with Gasteiger partial charge in [0.25, 0.3) is 0 Å². The fourth-order valence-electron chi connectivity index (χ4n) is 7.01. The number of hydrogen-bond acceptors (Lipinski definition) is 2. The second-order valence-electron chi connectivity index (χ2n) is 9.00. The van der Waals surface area contributed by atoms with E-state index >= 15 is 0 Å². The first-order valence-electron chi connectivity index (χ1n) is 9.16. The number of aliphatic hydroxyl groups excluding tert-OH is 1. The summed E-state index contributed by atoms with van der Waals surface area (Å²) in [6.45, 7) is 4.78. The van der Waals surface area contributed by atoms with E-state index < -0.39 is 0 Å². The zero-order valence-electron chi connectivity index (χ0n) is 13.6. The van der Waals surface area contributed by atoms with E-state index in [2.05, 4.69) is 13.8 Å². The van der Waals surface area contributed by atoms with E-state index in [1.165, 1.54) is 25.7 Å². The third kappa shape index (κ3) is 1.84. The van der Waals surface area contributed by atoms with Crippen molar-refractivity contribution in [3.05, 3.63) is 0 Å². The highest BCUT2D eigenvalue weighted by Crippen LogP contribution is 2.65. The fraction of sp³-hybridized carbons (Fsp3) is 0.947. The molecule has 0 bridgehead atoms. The molecule has 0 spiro atoms. The first-order valence-corrected chi connectivity index (χ1v) is 9.16. The maximum atomic E-state index is 12.4. The molecule has 118 valence electrons. The lowest BCUT2D eigenvalue weighted by Gasteiger charge is -2.60. The van der Waals surface area contributed by atoms with Crippen molar-refractivity contribution < 1.29 is 9.90 Å². The Morgan fingerprint density at radius 1 is 1.00 bits per heavy atom. The maximum absolute atomic E-state index is 12.4. The van der Waals surface area contributed by atoms with Gasteiger partial charge in [-0.3, -0.25) is 4.79 Å². The Balaban J connectivity index is 1.64. The predicted octanol–water partition coefficient (Wildman–Crippen LogP) is 3.96. The van der Waals surface area contributed by atoms with E-state index in [1.807, 2.05) is 0 Å². The van der Waals surface area contributed by atoms with Gasteiger partial charge in [0.1, 0.15) is 5.78 Å². The summed E-state index contributed by atoms with van der Waals surface area (Å²) >= 11 is 0. The molecule has 0 aromatic rings. The van der Waals surface area contributed by atoms with E-state index in [4.69, 9.17) is 0 Å². The van der Waals surface area contributed by atoms with E-state index in [9.17, 15) is 9.90 Å². The van der Waals surface area contributed by atoms with E-state index in [1.54, 1.807) is 0 Å². The second-order valence-corrected chi connectivity index (χ2v) is 9.00. The smallest absolute Gasteiger partial charge is 0.139 e. The summed E-state index contributed by atoms with van der Waals surface area (Å²) in [5.41, 5.74) is 0.452. The van der Waals surface area contributed by atoms with Gasteiger partial charge in [0, 0.05) is 11.8 Å². The van der Waals surface area contributed by atoms with Crippen LogP contribution in [0.4, 0.5) is 0 Å². The van der Waals surface area contributed by atoms with Crippen LogP contribution in [0.3, 0.4) is 0 Å². The number of carbonyl (C=O) groups excluding carboxylic acids is 1. The Hall–Kier alpha value is -0.370. The van der Waals surface area contributed by atoms with Crippen molar-refractivity contribution in [3.8, 4) is 0 Å². The number of carbonyl (C=O) groups is 1. The minimum atomic E-state index is -0.0541. The van der Waals surface area contributed by atoms with Gasteiger partial charge in [-0.15, -0.1) is 0 Å². The minimum absolute atomic E-state index is 0.0124. The van der Waals surface area contributed by atoms with Crippen molar-refractivity contribution in [1.82, 2.24) is 0 Å². The summed E-state index contributed by atoms with van der Waals surface area (Å²) in [6.07, 6.45) is 10.1. The highest BCUT2D eigenvalue weighted by atomic mass is 16.3. The van der Waals surface area contributed by atoms with Crippen LogP contribution in [0.2, 0.25) is 0 Å². The van der Waals surface area contributed by atoms with E-state index in [-0.39, 0.29) is 11.5 Å². The molecule has 0 aromatic carbocycles. The zero-order chi connectivity index (χ0) is 14.8. The highest BCUT2D eigenvalue weighted by Gasteiger charge is 2.60. The number of rotatable bonds is 0. The van der Waals surface area contributed by atoms with E-state index in [0.717, 1.165) is 49.9 Å². The predicted molar refractivity (Wildman–Crippen MR) is 82.7 cm³/mol. The van der Waals surface area contributed by atoms with Gasteiger partial charge in [-0.2, -0.15) is 0 Å². The standard InChI is InChI=1S/C19H30O2/c1-18-9-7-13(20)11-12(18)3-4-14-15-5-6-17(21)19(15,2)10-8-16(14)18/h12-16,20H,3-11H2,1-2H3/t12-,13-,14+,15+,16+,18+,19+/m0/s1. The molecule has 2 nitrogen and oxygen atoms in total. The van der Waals surface area contributed by atoms with Gasteiger partial charge in [0.15, 0.2) is 0 Å². The Morgan fingerprint density at radius 3 is 2.62 bits per heavy atom. The third-order valence-corrected chi connectivity index (χ3v) is 8.35. The molecule has 4 fully saturated rings. The Kier molecular flexibility index (Phi) is 3.10. The SMILES string of the molecule is C[C@@]12CC[C@H](O)C[C@@H]1CC[C@H]1[C@H]2CC[C@@]2(C)C(=O)CC[C@H]12. The summed E-state index contributed by atoms with van der Waals surface area (Å²) in [6, 6.07) is 0. The molecule has 0 amide bonds. The second kappa shape index (κ2) is 4.57. The summed E-state index contributed by atoms with van der Waals surface area (Å²) in [7, 11) is 0. The van der Waals surface area contributed by atoms with Crippen LogP contribution in [0.5, 0.6) is 0 Å². The number of hydrogen-bond donors (Lipinski definition) is 1. The van der Waals surface area contributed by atoms with Crippen molar-refractivity contribution in [3.63, 3.8) is 0 Å². The molecule has 4 saturated carbocycles. The summed E-state index contributed by atoms with van der Waals surface area (Å²) in [4.78, 5) is 12.4. The average Bonchev–Trinajstić information content (AvgIpc) is 2.76. The van der Waals surface area contributed by atoms with Crippen LogP contribution in [0.15, 0.2) is 0 Å². The van der Waals surface area contributed by atoms with Crippen LogP contribution in [0, 0.1) is 34.5 Å². The fourth-order valence-corrected chi connectivity index (χ4v) is 7.01. The van der Waals surface area contributed by atoms with Crippen molar-refractivity contribution in [2.45, 2.75) is 77.7 Å². The molecule has 1 N–H and O–H groups in total. The molecule has 21 heavy (non-hydrogen) atoms. The van der Waals surface area contributed by atoms with Crippen molar-refractivity contribution in [2.75, 3.05) is 0 Å². The van der Waals surface area contributed by atoms with Gasteiger partial charge in [-0.1, -0.05) is 13.8 Å². The Morgan fingerprint density at radius 2 is 1.81 bits per heavy atom. The topological polar surface area (TPSA) is 37.3 Å². The molecule has 7 atom stereocenters. The molecule has 0 aromatic heterocycles. The van der Waals surface area contributed by atoms with Crippen LogP contribution in [-0.4, -0.2) is 17.0 Å². The van der Waals surface area contributed by atoms with Crippen LogP contribution in [0.25, 0.3) is 0 Å². The maximum Gasteiger partial charge on any atom is 0.139 e. The first-order chi connectivity index (χ1) is 9.95. The molecule has 4 aliphatic carbocycles. The molecular formula is C19H30O2. The molecule has 2 heteroatoms. The van der Waals surface area contributed by atoms with Crippen LogP contribution < -0.4 is 0 Å². The van der Waals surface area contributed by atoms with Crippen LogP contribution >= 0.6 is 0 Å². The number of fused-ring (bicyclic) bond motifs is 5. The normalized spacial score (nSPS) is 56.5. The third-order valence-electron chi connectivity index (χ3n) is 8.35. The lowest BCUT2D eigenvalue weighted by atomic mass is 9.45. The van der Waals surface area contributed by atoms with E-state index in [0.29, 0.717) is 17.1 Å². The molecule has 0 unspecified atom stereocenters. The summed E-state index contributed by atoms with van der Waals surface area (Å²) in [5.74, 6) is 3.54. The largest absolute Gasteiger partial charge is 0.393 e. The van der Waals surface area contributed by atoms with Gasteiger partial charge in [-0.25, -0.2) is 0 Å². The van der Waals surface area contributed by atoms with Gasteiger partial charge in [-0.05, 0) is 80.5 Å². The summed E-state index contributed by atoms with van der Waals surface area (Å²) < 4.78 is 0. The number of aliphatic hydroxyl groups is 1.